The van der Waals surface area contributed by atoms with Gasteiger partial charge in [0, 0.05) is 35.6 Å². The van der Waals surface area contributed by atoms with E-state index in [-0.39, 0.29) is 24.1 Å². The van der Waals surface area contributed by atoms with Gasteiger partial charge >= 0.3 is 0 Å². The lowest BCUT2D eigenvalue weighted by Gasteiger charge is -2.39. The van der Waals surface area contributed by atoms with Gasteiger partial charge in [0.25, 0.3) is 6.71 Å². The Hall–Kier alpha value is -6.49. The number of pyridine rings is 1. The van der Waals surface area contributed by atoms with Crippen LogP contribution in [0.3, 0.4) is 0 Å². The largest absolute Gasteiger partial charge is 0.333 e. The zero-order valence-electron chi connectivity index (χ0n) is 35.1. The summed E-state index contributed by atoms with van der Waals surface area (Å²) in [5, 5.41) is 3.83. The standard InChI is InChI=1S/C57H50BN3/c1-39-33-40(2)35-47(34-39)61-54-21-10-9-20-50(54)51-36-42(25-30-55(51)61)41-23-26-45(27-24-41)58(56-22-12-14-32-60-56)46-28-29-49-48-19-11-13-31-59-38-53(48)57(52(49)37-46,43-15-5-3-6-16-43)44-17-7-4-8-18-44/h3-7,9-12,14-17,19-30,32-37,51,55,59H,8,13,18,31,38H2,1-2H3/b19-11-. The lowest BCUT2D eigenvalue weighted by molar-refractivity contribution is 0.623. The number of rotatable bonds is 7. The zero-order valence-corrected chi connectivity index (χ0v) is 35.1. The Bertz CT molecular complexity index is 2820. The minimum Gasteiger partial charge on any atom is -0.333 e. The first kappa shape index (κ1) is 37.5. The summed E-state index contributed by atoms with van der Waals surface area (Å²) in [4.78, 5) is 7.58. The molecule has 61 heavy (non-hydrogen) atoms. The number of benzene rings is 5. The van der Waals surface area contributed by atoms with Crippen LogP contribution in [0.5, 0.6) is 0 Å². The number of aryl methyl sites for hydroxylation is 2. The molecule has 296 valence electrons. The highest BCUT2D eigenvalue weighted by molar-refractivity contribution is 6.95. The summed E-state index contributed by atoms with van der Waals surface area (Å²) in [6, 6.07) is 50.4. The van der Waals surface area contributed by atoms with Crippen LogP contribution in [0.4, 0.5) is 11.4 Å². The van der Waals surface area contributed by atoms with E-state index in [0.29, 0.717) is 0 Å². The maximum Gasteiger partial charge on any atom is 0.265 e. The Morgan fingerprint density at radius 2 is 1.56 bits per heavy atom. The molecule has 11 rings (SSSR count). The second-order valence-corrected chi connectivity index (χ2v) is 17.4. The van der Waals surface area contributed by atoms with E-state index >= 15 is 0 Å². The third-order valence-electron chi connectivity index (χ3n) is 13.7. The van der Waals surface area contributed by atoms with Gasteiger partial charge < -0.3 is 10.2 Å². The summed E-state index contributed by atoms with van der Waals surface area (Å²) >= 11 is 0. The fourth-order valence-corrected chi connectivity index (χ4v) is 11.2. The van der Waals surface area contributed by atoms with Crippen molar-refractivity contribution in [2.45, 2.75) is 50.5 Å². The fraction of sp³-hybridized carbons (Fsp3) is 0.175. The van der Waals surface area contributed by atoms with Crippen LogP contribution in [0.1, 0.15) is 64.1 Å². The van der Waals surface area contributed by atoms with Crippen molar-refractivity contribution in [1.82, 2.24) is 10.3 Å². The molecule has 0 saturated heterocycles. The molecule has 0 bridgehead atoms. The molecule has 0 radical (unpaired) electrons. The number of hydrogen-bond donors (Lipinski definition) is 1. The molecule has 0 amide bonds. The van der Waals surface area contributed by atoms with Gasteiger partial charge in [-0.05, 0) is 126 Å². The number of allylic oxidation sites excluding steroid dienone is 8. The van der Waals surface area contributed by atoms with E-state index in [4.69, 9.17) is 4.98 Å². The molecule has 1 N–H and O–H groups in total. The van der Waals surface area contributed by atoms with E-state index < -0.39 is 0 Å². The van der Waals surface area contributed by atoms with Gasteiger partial charge in [-0.25, -0.2) is 0 Å². The van der Waals surface area contributed by atoms with Crippen LogP contribution >= 0.6 is 0 Å². The van der Waals surface area contributed by atoms with Crippen molar-refractivity contribution in [2.75, 3.05) is 18.0 Å². The molecule has 0 fully saturated rings. The molecule has 3 nitrogen and oxygen atoms in total. The van der Waals surface area contributed by atoms with Gasteiger partial charge in [0.2, 0.25) is 0 Å². The first-order valence-electron chi connectivity index (χ1n) is 22.1. The minimum absolute atomic E-state index is 0.0422. The van der Waals surface area contributed by atoms with Gasteiger partial charge in [-0.15, -0.1) is 0 Å². The molecule has 4 heteroatoms. The summed E-state index contributed by atoms with van der Waals surface area (Å²) in [5.41, 5.74) is 20.6. The Balaban J connectivity index is 1.00. The summed E-state index contributed by atoms with van der Waals surface area (Å²) in [7, 11) is 0. The number of anilines is 2. The fourth-order valence-electron chi connectivity index (χ4n) is 11.2. The zero-order chi connectivity index (χ0) is 40.9. The summed E-state index contributed by atoms with van der Waals surface area (Å²) in [6.07, 6.45) is 24.1. The average molecular weight is 788 g/mol. The Morgan fingerprint density at radius 1 is 0.754 bits per heavy atom. The van der Waals surface area contributed by atoms with Crippen LogP contribution in [0, 0.1) is 13.8 Å². The highest BCUT2D eigenvalue weighted by atomic mass is 15.2. The third-order valence-corrected chi connectivity index (χ3v) is 13.7. The number of aromatic nitrogens is 1. The molecule has 2 aliphatic heterocycles. The summed E-state index contributed by atoms with van der Waals surface area (Å²) in [6.45, 7) is 6.18. The highest BCUT2D eigenvalue weighted by Crippen LogP contribution is 2.56. The number of hydrogen-bond acceptors (Lipinski definition) is 3. The van der Waals surface area contributed by atoms with E-state index in [1.807, 2.05) is 12.3 Å². The van der Waals surface area contributed by atoms with Crippen molar-refractivity contribution in [3.05, 3.63) is 238 Å². The van der Waals surface area contributed by atoms with Gasteiger partial charge in [0.15, 0.2) is 0 Å². The molecule has 6 aromatic rings. The maximum atomic E-state index is 5.04. The molecule has 0 saturated carbocycles. The maximum absolute atomic E-state index is 5.04. The molecule has 3 atom stereocenters. The summed E-state index contributed by atoms with van der Waals surface area (Å²) in [5.74, 6) is 0.266. The van der Waals surface area contributed by atoms with Gasteiger partial charge in [0.05, 0.1) is 11.5 Å². The van der Waals surface area contributed by atoms with Gasteiger partial charge in [0.1, 0.15) is 0 Å². The van der Waals surface area contributed by atoms with Crippen LogP contribution in [0.25, 0.3) is 11.1 Å². The van der Waals surface area contributed by atoms with Crippen LogP contribution < -0.4 is 26.7 Å². The van der Waals surface area contributed by atoms with Crippen LogP contribution in [-0.4, -0.2) is 30.8 Å². The lowest BCUT2D eigenvalue weighted by Crippen LogP contribution is -2.53. The van der Waals surface area contributed by atoms with Crippen molar-refractivity contribution < 1.29 is 0 Å². The third kappa shape index (κ3) is 6.35. The Labute approximate surface area is 361 Å². The second-order valence-electron chi connectivity index (χ2n) is 17.4. The van der Waals surface area contributed by atoms with Crippen molar-refractivity contribution in [3.8, 4) is 0 Å². The molecule has 0 spiro atoms. The van der Waals surface area contributed by atoms with E-state index in [9.17, 15) is 0 Å². The normalized spacial score (nSPS) is 21.7. The molecular weight excluding hydrogens is 737 g/mol. The molecule has 3 aliphatic carbocycles. The van der Waals surface area contributed by atoms with Crippen molar-refractivity contribution in [3.63, 3.8) is 0 Å². The van der Waals surface area contributed by atoms with Crippen molar-refractivity contribution >= 4 is 45.8 Å². The molecule has 3 heterocycles. The van der Waals surface area contributed by atoms with E-state index in [2.05, 4.69) is 200 Å². The molecule has 1 aromatic heterocycles. The quantitative estimate of drug-likeness (QED) is 0.163. The van der Waals surface area contributed by atoms with Crippen molar-refractivity contribution in [1.29, 1.82) is 0 Å². The van der Waals surface area contributed by atoms with Gasteiger partial charge in [-0.1, -0.05) is 168 Å². The molecule has 5 aliphatic rings. The smallest absolute Gasteiger partial charge is 0.265 e. The highest BCUT2D eigenvalue weighted by Gasteiger charge is 2.48. The predicted molar refractivity (Wildman–Crippen MR) is 257 cm³/mol. The van der Waals surface area contributed by atoms with Gasteiger partial charge in [-0.3, -0.25) is 4.98 Å². The topological polar surface area (TPSA) is 28.2 Å². The monoisotopic (exact) mass is 787 g/mol. The molecule has 5 aromatic carbocycles. The summed E-state index contributed by atoms with van der Waals surface area (Å²) < 4.78 is 0. The number of para-hydroxylation sites is 1. The minimum atomic E-state index is -0.371. The predicted octanol–water partition coefficient (Wildman–Crippen LogP) is 10.4. The molecular formula is C57H50BN3. The lowest BCUT2D eigenvalue weighted by atomic mass is 9.38. The Morgan fingerprint density at radius 3 is 2.36 bits per heavy atom. The van der Waals surface area contributed by atoms with E-state index in [0.717, 1.165) is 37.9 Å². The first-order valence-corrected chi connectivity index (χ1v) is 22.1. The van der Waals surface area contributed by atoms with Crippen LogP contribution in [-0.2, 0) is 5.41 Å². The average Bonchev–Trinajstić information content (AvgIpc) is 3.76. The first-order chi connectivity index (χ1) is 30.1. The number of nitrogens with one attached hydrogen (secondary N) is 1. The van der Waals surface area contributed by atoms with E-state index in [1.165, 1.54) is 83.5 Å². The van der Waals surface area contributed by atoms with Crippen LogP contribution in [0.2, 0.25) is 0 Å². The Kier molecular flexibility index (Phi) is 9.54. The van der Waals surface area contributed by atoms with Crippen molar-refractivity contribution in [2.24, 2.45) is 0 Å². The van der Waals surface area contributed by atoms with Crippen LogP contribution in [0.15, 0.2) is 199 Å². The van der Waals surface area contributed by atoms with E-state index in [1.54, 1.807) is 0 Å². The SMILES string of the molecule is Cc1cc(C)cc(N2c3ccccc3C3C=C(c4ccc(B(c5ccc6c(c5)C(C5=CC=CCC5)(c5ccccc5)C5=C6/C=C\CCNC5)c5ccccn5)cc4)C=CC32)c1. The molecule has 3 unspecified atom stereocenters. The number of fused-ring (bicyclic) bond motifs is 5. The number of nitrogens with zero attached hydrogens (tertiary/aromatic N) is 2. The van der Waals surface area contributed by atoms with Gasteiger partial charge in [-0.2, -0.15) is 0 Å². The second kappa shape index (κ2) is 15.5.